The summed E-state index contributed by atoms with van der Waals surface area (Å²) >= 11 is 0. The summed E-state index contributed by atoms with van der Waals surface area (Å²) in [5.74, 6) is 0. The van der Waals surface area contributed by atoms with Crippen LogP contribution in [-0.4, -0.2) is 32.9 Å². The van der Waals surface area contributed by atoms with Gasteiger partial charge in [-0.2, -0.15) is 0 Å². The van der Waals surface area contributed by atoms with Crippen LogP contribution in [0.4, 0.5) is 0 Å². The third-order valence-corrected chi connectivity index (χ3v) is 3.28. The van der Waals surface area contributed by atoms with Crippen LogP contribution in [0.1, 0.15) is 71.1 Å². The van der Waals surface area contributed by atoms with Crippen molar-refractivity contribution in [2.45, 2.75) is 71.1 Å². The van der Waals surface area contributed by atoms with Crippen LogP contribution in [0.2, 0.25) is 0 Å². The van der Waals surface area contributed by atoms with E-state index in [1.54, 1.807) is 0 Å². The molecule has 0 aromatic heterocycles. The average Bonchev–Trinajstić information content (AvgIpc) is 2.43. The molecule has 0 aromatic rings. The third kappa shape index (κ3) is 17.9. The molecule has 0 aliphatic rings. The summed E-state index contributed by atoms with van der Waals surface area (Å²) in [4.78, 5) is 0. The lowest BCUT2D eigenvalue weighted by Crippen LogP contribution is -2.16. The lowest BCUT2D eigenvalue weighted by Gasteiger charge is -2.05. The van der Waals surface area contributed by atoms with Crippen molar-refractivity contribution in [3.8, 4) is 0 Å². The van der Waals surface area contributed by atoms with Crippen LogP contribution in [0.5, 0.6) is 0 Å². The van der Waals surface area contributed by atoms with Crippen molar-refractivity contribution in [3.63, 3.8) is 0 Å². The Balaban J connectivity index is 2.88. The first-order valence-corrected chi connectivity index (χ1v) is 8.28. The van der Waals surface area contributed by atoms with Gasteiger partial charge >= 0.3 is 0 Å². The summed E-state index contributed by atoms with van der Waals surface area (Å²) in [5, 5.41) is 13.7. The highest BCUT2D eigenvalue weighted by atomic mass is 16.5. The first-order valence-electron chi connectivity index (χ1n) is 8.28. The van der Waals surface area contributed by atoms with E-state index in [2.05, 4.69) is 12.2 Å². The molecule has 19 heavy (non-hydrogen) atoms. The van der Waals surface area contributed by atoms with E-state index in [9.17, 15) is 5.11 Å². The Labute approximate surface area is 120 Å². The monoisotopic (exact) mass is 272 g/mol. The second kappa shape index (κ2) is 17.9. The quantitative estimate of drug-likeness (QED) is 0.432. The number of hydrogen-bond acceptors (Lipinski definition) is 2. The number of unbranched alkanes of at least 4 members (excludes halogenated alkanes) is 7. The van der Waals surface area contributed by atoms with Gasteiger partial charge in [0.25, 0.3) is 0 Å². The maximum absolute atomic E-state index is 10.2. The molecule has 1 N–H and O–H groups in total. The molecule has 0 rings (SSSR count). The highest BCUT2D eigenvalue weighted by Gasteiger charge is 1.93. The highest BCUT2D eigenvalue weighted by Crippen LogP contribution is 1.99. The standard InChI is InChI=1S/C16H34NO2/c1-2-3-4-7-12-17-13-8-5-10-15-19-16-11-6-9-14-18/h17H,2-16H2,1H3. The van der Waals surface area contributed by atoms with Gasteiger partial charge in [-0.1, -0.05) is 26.2 Å². The van der Waals surface area contributed by atoms with Gasteiger partial charge in [0.1, 0.15) is 0 Å². The summed E-state index contributed by atoms with van der Waals surface area (Å²) in [6, 6.07) is 0. The number of nitrogens with one attached hydrogen (secondary N) is 1. The summed E-state index contributed by atoms with van der Waals surface area (Å²) in [7, 11) is 0. The molecular formula is C16H34NO2. The van der Waals surface area contributed by atoms with E-state index in [0.717, 1.165) is 39.0 Å². The molecule has 3 heteroatoms. The van der Waals surface area contributed by atoms with Gasteiger partial charge in [0.15, 0.2) is 0 Å². The van der Waals surface area contributed by atoms with Crippen LogP contribution < -0.4 is 5.32 Å². The van der Waals surface area contributed by atoms with Gasteiger partial charge in [-0.3, -0.25) is 0 Å². The van der Waals surface area contributed by atoms with E-state index in [-0.39, 0.29) is 6.61 Å². The SMILES string of the molecule is CCCCCCNCCCCCOCCCCC[O]. The first-order chi connectivity index (χ1) is 9.41. The Morgan fingerprint density at radius 1 is 0.737 bits per heavy atom. The van der Waals surface area contributed by atoms with Gasteiger partial charge in [0.05, 0.1) is 6.61 Å². The van der Waals surface area contributed by atoms with Crippen LogP contribution in [0.25, 0.3) is 0 Å². The van der Waals surface area contributed by atoms with E-state index < -0.39 is 0 Å². The molecule has 0 heterocycles. The summed E-state index contributed by atoms with van der Waals surface area (Å²) < 4.78 is 5.53. The van der Waals surface area contributed by atoms with Crippen molar-refractivity contribution >= 4 is 0 Å². The van der Waals surface area contributed by atoms with Crippen molar-refractivity contribution in [2.75, 3.05) is 32.9 Å². The van der Waals surface area contributed by atoms with Crippen molar-refractivity contribution in [2.24, 2.45) is 0 Å². The van der Waals surface area contributed by atoms with Gasteiger partial charge in [0.2, 0.25) is 0 Å². The fraction of sp³-hybridized carbons (Fsp3) is 1.00. The minimum atomic E-state index is 0.0610. The van der Waals surface area contributed by atoms with Crippen molar-refractivity contribution < 1.29 is 9.84 Å². The van der Waals surface area contributed by atoms with E-state index >= 15 is 0 Å². The molecule has 3 nitrogen and oxygen atoms in total. The molecule has 0 aromatic carbocycles. The first kappa shape index (κ1) is 18.9. The molecule has 0 saturated carbocycles. The number of rotatable bonds is 16. The summed E-state index contributed by atoms with van der Waals surface area (Å²) in [6.45, 7) is 6.35. The van der Waals surface area contributed by atoms with Crippen LogP contribution in [0, 0.1) is 0 Å². The molecule has 0 aliphatic heterocycles. The Bertz CT molecular complexity index is 138. The molecule has 0 bridgehead atoms. The van der Waals surface area contributed by atoms with E-state index in [1.165, 1.54) is 51.5 Å². The fourth-order valence-corrected chi connectivity index (χ4v) is 2.02. The molecule has 0 atom stereocenters. The normalized spacial score (nSPS) is 11.1. The van der Waals surface area contributed by atoms with Crippen molar-refractivity contribution in [1.29, 1.82) is 0 Å². The van der Waals surface area contributed by atoms with E-state index in [0.29, 0.717) is 0 Å². The molecular weight excluding hydrogens is 238 g/mol. The maximum Gasteiger partial charge on any atom is 0.0822 e. The van der Waals surface area contributed by atoms with E-state index in [4.69, 9.17) is 4.74 Å². The second-order valence-corrected chi connectivity index (χ2v) is 5.25. The smallest absolute Gasteiger partial charge is 0.0822 e. The average molecular weight is 272 g/mol. The molecule has 0 spiro atoms. The highest BCUT2D eigenvalue weighted by molar-refractivity contribution is 4.50. The zero-order chi connectivity index (χ0) is 14.0. The predicted molar refractivity (Wildman–Crippen MR) is 81.1 cm³/mol. The number of hydrogen-bond donors (Lipinski definition) is 1. The van der Waals surface area contributed by atoms with Crippen LogP contribution in [0.3, 0.4) is 0 Å². The minimum Gasteiger partial charge on any atom is -0.381 e. The molecule has 0 aliphatic carbocycles. The topological polar surface area (TPSA) is 41.2 Å². The van der Waals surface area contributed by atoms with Gasteiger partial charge in [-0.05, 0) is 58.0 Å². The van der Waals surface area contributed by atoms with Gasteiger partial charge < -0.3 is 10.1 Å². The lowest BCUT2D eigenvalue weighted by atomic mass is 10.2. The summed E-state index contributed by atoms with van der Waals surface area (Å²) in [5.41, 5.74) is 0. The molecule has 0 amide bonds. The van der Waals surface area contributed by atoms with E-state index in [1.807, 2.05) is 0 Å². The van der Waals surface area contributed by atoms with Crippen LogP contribution >= 0.6 is 0 Å². The predicted octanol–water partition coefficient (Wildman–Crippen LogP) is 3.94. The third-order valence-electron chi connectivity index (χ3n) is 3.28. The van der Waals surface area contributed by atoms with Gasteiger partial charge in [-0.25, -0.2) is 5.11 Å². The Morgan fingerprint density at radius 2 is 1.32 bits per heavy atom. The van der Waals surface area contributed by atoms with Crippen molar-refractivity contribution in [3.05, 3.63) is 0 Å². The zero-order valence-corrected chi connectivity index (χ0v) is 12.9. The maximum atomic E-state index is 10.2. The zero-order valence-electron chi connectivity index (χ0n) is 12.9. The van der Waals surface area contributed by atoms with Crippen molar-refractivity contribution in [1.82, 2.24) is 5.32 Å². The second-order valence-electron chi connectivity index (χ2n) is 5.25. The molecule has 1 radical (unpaired) electrons. The lowest BCUT2D eigenvalue weighted by molar-refractivity contribution is 0.121. The summed E-state index contributed by atoms with van der Waals surface area (Å²) in [6.07, 6.45) is 11.9. The molecule has 115 valence electrons. The Morgan fingerprint density at radius 3 is 1.89 bits per heavy atom. The molecule has 0 fully saturated rings. The van der Waals surface area contributed by atoms with Crippen LogP contribution in [0.15, 0.2) is 0 Å². The molecule has 0 saturated heterocycles. The minimum absolute atomic E-state index is 0.0610. The molecule has 0 unspecified atom stereocenters. The Kier molecular flexibility index (Phi) is 17.8. The van der Waals surface area contributed by atoms with Gasteiger partial charge in [-0.15, -0.1) is 0 Å². The Hall–Kier alpha value is -0.120. The van der Waals surface area contributed by atoms with Gasteiger partial charge in [0, 0.05) is 13.2 Å². The fourth-order valence-electron chi connectivity index (χ4n) is 2.02. The van der Waals surface area contributed by atoms with Crippen LogP contribution in [-0.2, 0) is 9.84 Å². The number of ether oxygens (including phenoxy) is 1. The largest absolute Gasteiger partial charge is 0.381 e.